The maximum Gasteiger partial charge on any atom is 0.253 e. The minimum atomic E-state index is -0.0855. The van der Waals surface area contributed by atoms with Crippen molar-refractivity contribution < 1.29 is 4.79 Å². The zero-order chi connectivity index (χ0) is 13.7. The highest BCUT2D eigenvalue weighted by Gasteiger charge is 2.10. The molecule has 0 unspecified atom stereocenters. The fraction of sp³-hybridized carbons (Fsp3) is 0.200. The lowest BCUT2D eigenvalue weighted by molar-refractivity contribution is 0.0939. The maximum atomic E-state index is 11.9. The molecule has 4 heteroatoms. The van der Waals surface area contributed by atoms with E-state index in [9.17, 15) is 4.79 Å². The number of aromatic nitrogens is 1. The van der Waals surface area contributed by atoms with E-state index < -0.39 is 0 Å². The topological polar surface area (TPSA) is 42.0 Å². The van der Waals surface area contributed by atoms with Gasteiger partial charge in [-0.3, -0.25) is 9.78 Å². The minimum Gasteiger partial charge on any atom is -0.349 e. The molecule has 1 aromatic heterocycles. The van der Waals surface area contributed by atoms with Crippen LogP contribution in [-0.2, 0) is 6.42 Å². The number of hydrogen-bond acceptors (Lipinski definition) is 2. The highest BCUT2D eigenvalue weighted by Crippen LogP contribution is 2.12. The molecule has 0 aliphatic heterocycles. The Morgan fingerprint density at radius 2 is 2.05 bits per heavy atom. The van der Waals surface area contributed by atoms with Crippen LogP contribution in [0.2, 0.25) is 0 Å². The van der Waals surface area contributed by atoms with Crippen LogP contribution in [0.25, 0.3) is 0 Å². The second-order valence-electron chi connectivity index (χ2n) is 4.45. The number of nitrogens with one attached hydrogen (secondary N) is 1. The van der Waals surface area contributed by atoms with Crippen molar-refractivity contribution in [3.8, 4) is 0 Å². The maximum absolute atomic E-state index is 11.9. The molecule has 1 heterocycles. The molecule has 1 atom stereocenters. The molecule has 0 aliphatic carbocycles. The third-order valence-corrected chi connectivity index (χ3v) is 3.29. The molecule has 0 saturated carbocycles. The van der Waals surface area contributed by atoms with Crippen molar-refractivity contribution in [2.24, 2.45) is 0 Å². The molecule has 1 aromatic carbocycles. The fourth-order valence-corrected chi connectivity index (χ4v) is 2.09. The van der Waals surface area contributed by atoms with Crippen molar-refractivity contribution in [3.05, 3.63) is 64.4 Å². The average Bonchev–Trinajstić information content (AvgIpc) is 2.42. The number of halogens is 1. The molecule has 0 saturated heterocycles. The van der Waals surface area contributed by atoms with Gasteiger partial charge in [0.2, 0.25) is 0 Å². The van der Waals surface area contributed by atoms with Gasteiger partial charge in [0.25, 0.3) is 5.91 Å². The summed E-state index contributed by atoms with van der Waals surface area (Å²) in [5.74, 6) is -0.0855. The molecule has 2 rings (SSSR count). The smallest absolute Gasteiger partial charge is 0.253 e. The molecule has 2 aromatic rings. The molecule has 0 fully saturated rings. The summed E-state index contributed by atoms with van der Waals surface area (Å²) in [7, 11) is 0. The van der Waals surface area contributed by atoms with Crippen molar-refractivity contribution in [1.29, 1.82) is 0 Å². The number of rotatable bonds is 4. The van der Waals surface area contributed by atoms with E-state index in [1.807, 2.05) is 19.1 Å². The summed E-state index contributed by atoms with van der Waals surface area (Å²) in [4.78, 5) is 15.9. The van der Waals surface area contributed by atoms with Gasteiger partial charge < -0.3 is 5.32 Å². The Morgan fingerprint density at radius 1 is 1.32 bits per heavy atom. The summed E-state index contributed by atoms with van der Waals surface area (Å²) in [6.45, 7) is 2.00. The minimum absolute atomic E-state index is 0.0777. The first-order valence-corrected chi connectivity index (χ1v) is 6.90. The highest BCUT2D eigenvalue weighted by molar-refractivity contribution is 9.10. The van der Waals surface area contributed by atoms with Gasteiger partial charge in [0.1, 0.15) is 0 Å². The molecule has 1 amide bonds. The molecule has 19 heavy (non-hydrogen) atoms. The molecular weight excluding hydrogens is 304 g/mol. The average molecular weight is 319 g/mol. The van der Waals surface area contributed by atoms with E-state index in [0.717, 1.165) is 10.9 Å². The fourth-order valence-electron chi connectivity index (χ4n) is 1.83. The number of hydrogen-bond donors (Lipinski definition) is 1. The third kappa shape index (κ3) is 4.17. The van der Waals surface area contributed by atoms with Crippen molar-refractivity contribution in [1.82, 2.24) is 10.3 Å². The Hall–Kier alpha value is -1.68. The number of benzene rings is 1. The summed E-state index contributed by atoms with van der Waals surface area (Å²) in [6.07, 6.45) is 4.03. The van der Waals surface area contributed by atoms with Crippen LogP contribution < -0.4 is 5.32 Å². The Kier molecular flexibility index (Phi) is 4.68. The molecule has 1 N–H and O–H groups in total. The molecule has 0 bridgehead atoms. The monoisotopic (exact) mass is 318 g/mol. The van der Waals surface area contributed by atoms with E-state index in [1.165, 1.54) is 5.56 Å². The normalized spacial score (nSPS) is 11.9. The zero-order valence-corrected chi connectivity index (χ0v) is 12.2. The Bertz CT molecular complexity index is 540. The number of pyridine rings is 1. The van der Waals surface area contributed by atoms with Crippen LogP contribution in [-0.4, -0.2) is 16.9 Å². The van der Waals surface area contributed by atoms with Gasteiger partial charge in [-0.15, -0.1) is 0 Å². The van der Waals surface area contributed by atoms with E-state index in [-0.39, 0.29) is 11.9 Å². The summed E-state index contributed by atoms with van der Waals surface area (Å²) >= 11 is 3.41. The van der Waals surface area contributed by atoms with E-state index >= 15 is 0 Å². The summed E-state index contributed by atoms with van der Waals surface area (Å²) in [6, 6.07) is 11.7. The van der Waals surface area contributed by atoms with Crippen molar-refractivity contribution >= 4 is 21.8 Å². The van der Waals surface area contributed by atoms with E-state index in [2.05, 4.69) is 38.4 Å². The Balaban J connectivity index is 1.92. The number of nitrogens with zero attached hydrogens (tertiary/aromatic N) is 1. The molecule has 3 nitrogen and oxygen atoms in total. The van der Waals surface area contributed by atoms with Crippen LogP contribution >= 0.6 is 15.9 Å². The van der Waals surface area contributed by atoms with Gasteiger partial charge in [-0.05, 0) is 43.2 Å². The largest absolute Gasteiger partial charge is 0.349 e. The van der Waals surface area contributed by atoms with Gasteiger partial charge in [0.05, 0.1) is 5.56 Å². The molecular formula is C15H15BrN2O. The van der Waals surface area contributed by atoms with Crippen molar-refractivity contribution in [2.75, 3.05) is 0 Å². The van der Waals surface area contributed by atoms with Gasteiger partial charge in [-0.2, -0.15) is 0 Å². The predicted molar refractivity (Wildman–Crippen MR) is 79.0 cm³/mol. The molecule has 0 radical (unpaired) electrons. The highest BCUT2D eigenvalue weighted by atomic mass is 79.9. The summed E-state index contributed by atoms with van der Waals surface area (Å²) in [5.41, 5.74) is 1.78. The Morgan fingerprint density at radius 3 is 2.68 bits per heavy atom. The van der Waals surface area contributed by atoms with Gasteiger partial charge in [0.15, 0.2) is 0 Å². The van der Waals surface area contributed by atoms with Crippen LogP contribution in [0.5, 0.6) is 0 Å². The lowest BCUT2D eigenvalue weighted by Gasteiger charge is -2.14. The number of carbonyl (C=O) groups is 1. The van der Waals surface area contributed by atoms with Crippen LogP contribution in [0.1, 0.15) is 22.8 Å². The number of carbonyl (C=O) groups excluding carboxylic acids is 1. The van der Waals surface area contributed by atoms with Crippen LogP contribution in [0.15, 0.2) is 53.3 Å². The second kappa shape index (κ2) is 6.48. The Labute approximate surface area is 121 Å². The van der Waals surface area contributed by atoms with Gasteiger partial charge in [-0.25, -0.2) is 0 Å². The second-order valence-corrected chi connectivity index (χ2v) is 5.36. The zero-order valence-electron chi connectivity index (χ0n) is 10.6. The quantitative estimate of drug-likeness (QED) is 0.940. The summed E-state index contributed by atoms with van der Waals surface area (Å²) < 4.78 is 1.06. The van der Waals surface area contributed by atoms with E-state index in [1.54, 1.807) is 24.5 Å². The molecule has 0 spiro atoms. The van der Waals surface area contributed by atoms with Gasteiger partial charge in [0, 0.05) is 22.9 Å². The van der Waals surface area contributed by atoms with E-state index in [4.69, 9.17) is 0 Å². The standard InChI is InChI=1S/C15H15BrN2O/c1-11(9-12-4-6-14(16)7-5-12)18-15(19)13-3-2-8-17-10-13/h2-8,10-11H,9H2,1H3,(H,18,19)/t11-/m0/s1. The van der Waals surface area contributed by atoms with Crippen LogP contribution in [0.3, 0.4) is 0 Å². The van der Waals surface area contributed by atoms with Gasteiger partial charge >= 0.3 is 0 Å². The SMILES string of the molecule is C[C@@H](Cc1ccc(Br)cc1)NC(=O)c1cccnc1. The van der Waals surface area contributed by atoms with Crippen molar-refractivity contribution in [2.45, 2.75) is 19.4 Å². The third-order valence-electron chi connectivity index (χ3n) is 2.76. The molecule has 0 aliphatic rings. The predicted octanol–water partition coefficient (Wildman–Crippen LogP) is 3.21. The van der Waals surface area contributed by atoms with Crippen LogP contribution in [0, 0.1) is 0 Å². The molecule has 98 valence electrons. The summed E-state index contributed by atoms with van der Waals surface area (Å²) in [5, 5.41) is 2.97. The number of amides is 1. The van der Waals surface area contributed by atoms with Crippen LogP contribution in [0.4, 0.5) is 0 Å². The first kappa shape index (κ1) is 13.7. The first-order valence-electron chi connectivity index (χ1n) is 6.10. The van der Waals surface area contributed by atoms with E-state index in [0.29, 0.717) is 5.56 Å². The lowest BCUT2D eigenvalue weighted by atomic mass is 10.1. The van der Waals surface area contributed by atoms with Gasteiger partial charge in [-0.1, -0.05) is 28.1 Å². The lowest BCUT2D eigenvalue weighted by Crippen LogP contribution is -2.34. The van der Waals surface area contributed by atoms with Crippen molar-refractivity contribution in [3.63, 3.8) is 0 Å². The first-order chi connectivity index (χ1) is 9.15.